The molecule has 0 radical (unpaired) electrons. The minimum absolute atomic E-state index is 0.0306. The fraction of sp³-hybridized carbons (Fsp3) is 0.182. The minimum Gasteiger partial charge on any atom is -0.457 e. The smallest absolute Gasteiger partial charge is 0.255 e. The Morgan fingerprint density at radius 1 is 0.507 bits per heavy atom. The Morgan fingerprint density at radius 3 is 1.79 bits per heavy atom. The number of aromatic nitrogens is 4. The first-order valence-corrected chi connectivity index (χ1v) is 25.0. The summed E-state index contributed by atoms with van der Waals surface area (Å²) in [6.07, 6.45) is 5.25. The fourth-order valence-corrected chi connectivity index (χ4v) is 10.2. The Labute approximate surface area is 418 Å². The molecule has 71 heavy (non-hydrogen) atoms. The number of ether oxygens (including phenoxy) is 1. The number of hydrogen-bond donors (Lipinski definition) is 0. The van der Waals surface area contributed by atoms with E-state index in [4.69, 9.17) is 9.72 Å². The molecule has 3 heterocycles. The Balaban J connectivity index is 1.02. The van der Waals surface area contributed by atoms with Crippen molar-refractivity contribution in [1.82, 2.24) is 14.1 Å². The number of para-hydroxylation sites is 4. The molecule has 0 amide bonds. The number of benzene rings is 8. The topological polar surface area (TPSA) is 35.9 Å². The highest BCUT2D eigenvalue weighted by Crippen LogP contribution is 2.40. The zero-order valence-corrected chi connectivity index (χ0v) is 42.1. The summed E-state index contributed by atoms with van der Waals surface area (Å²) < 4.78 is 13.8. The van der Waals surface area contributed by atoms with Crippen molar-refractivity contribution in [3.8, 4) is 62.1 Å². The Morgan fingerprint density at radius 2 is 1.10 bits per heavy atom. The van der Waals surface area contributed by atoms with Crippen LogP contribution in [-0.4, -0.2) is 14.1 Å². The molecular formula is C66H61N4O+. The molecule has 0 N–H and O–H groups in total. The third-order valence-corrected chi connectivity index (χ3v) is 13.9. The molecule has 5 heteroatoms. The van der Waals surface area contributed by atoms with Crippen LogP contribution >= 0.6 is 0 Å². The average molecular weight is 926 g/mol. The van der Waals surface area contributed by atoms with E-state index < -0.39 is 0 Å². The lowest BCUT2D eigenvalue weighted by Crippen LogP contribution is -2.31. The molecule has 0 spiro atoms. The van der Waals surface area contributed by atoms with Gasteiger partial charge < -0.3 is 4.74 Å². The van der Waals surface area contributed by atoms with E-state index in [0.717, 1.165) is 68.1 Å². The number of imidazole rings is 1. The maximum atomic E-state index is 6.87. The van der Waals surface area contributed by atoms with E-state index in [1.54, 1.807) is 0 Å². The van der Waals surface area contributed by atoms with Crippen molar-refractivity contribution in [2.45, 2.75) is 72.6 Å². The van der Waals surface area contributed by atoms with Gasteiger partial charge in [0, 0.05) is 45.8 Å². The van der Waals surface area contributed by atoms with Gasteiger partial charge in [-0.1, -0.05) is 189 Å². The summed E-state index contributed by atoms with van der Waals surface area (Å²) in [5.74, 6) is 2.88. The summed E-state index contributed by atoms with van der Waals surface area (Å²) in [4.78, 5) is 5.16. The van der Waals surface area contributed by atoms with Gasteiger partial charge >= 0.3 is 0 Å². The zero-order valence-electron chi connectivity index (χ0n) is 42.1. The van der Waals surface area contributed by atoms with Gasteiger partial charge in [0.25, 0.3) is 6.33 Å². The first-order chi connectivity index (χ1) is 34.3. The van der Waals surface area contributed by atoms with E-state index in [9.17, 15) is 0 Å². The second-order valence-corrected chi connectivity index (χ2v) is 21.5. The van der Waals surface area contributed by atoms with Crippen molar-refractivity contribution >= 4 is 32.8 Å². The molecule has 350 valence electrons. The zero-order chi connectivity index (χ0) is 49.0. The molecular weight excluding hydrogens is 865 g/mol. The first-order valence-electron chi connectivity index (χ1n) is 25.0. The van der Waals surface area contributed by atoms with Gasteiger partial charge in [-0.3, -0.25) is 4.57 Å². The van der Waals surface area contributed by atoms with Crippen molar-refractivity contribution in [3.63, 3.8) is 0 Å². The van der Waals surface area contributed by atoms with Gasteiger partial charge in [-0.25, -0.2) is 4.98 Å². The van der Waals surface area contributed by atoms with Gasteiger partial charge in [0.05, 0.1) is 11.0 Å². The highest BCUT2D eigenvalue weighted by molar-refractivity contribution is 6.09. The summed E-state index contributed by atoms with van der Waals surface area (Å²) in [5.41, 5.74) is 17.4. The molecule has 0 saturated heterocycles. The number of pyridine rings is 1. The van der Waals surface area contributed by atoms with Crippen LogP contribution in [-0.2, 0) is 17.3 Å². The van der Waals surface area contributed by atoms with Crippen molar-refractivity contribution < 1.29 is 9.30 Å². The maximum Gasteiger partial charge on any atom is 0.255 e. The second kappa shape index (κ2) is 18.1. The molecule has 0 fully saturated rings. The normalized spacial score (nSPS) is 12.1. The molecule has 0 aliphatic rings. The van der Waals surface area contributed by atoms with Gasteiger partial charge in [0.15, 0.2) is 11.0 Å². The lowest BCUT2D eigenvalue weighted by molar-refractivity contribution is -0.566. The largest absolute Gasteiger partial charge is 0.457 e. The van der Waals surface area contributed by atoms with Crippen LogP contribution in [0.2, 0.25) is 0 Å². The molecule has 0 unspecified atom stereocenters. The van der Waals surface area contributed by atoms with E-state index in [2.05, 4.69) is 270 Å². The second-order valence-electron chi connectivity index (χ2n) is 21.5. The van der Waals surface area contributed by atoms with Crippen LogP contribution in [0, 0.1) is 5.92 Å². The predicted octanol–water partition coefficient (Wildman–Crippen LogP) is 17.0. The Kier molecular flexibility index (Phi) is 11.6. The SMILES string of the molecule is CC(C)Cc1cc(-n2c3ccccc3c3ccc(Oc4cccc(-n5c[n+](-c6c(-c7ccccc7)cccc6-c6cc(C(C)(C)C)cc(C(C)(C)C)c6)c6ccccc65)c4)cc32)ncc1-c1ccccc1. The van der Waals surface area contributed by atoms with Gasteiger partial charge in [0.1, 0.15) is 28.7 Å². The van der Waals surface area contributed by atoms with Crippen LogP contribution < -0.4 is 9.30 Å². The van der Waals surface area contributed by atoms with Crippen LogP contribution in [0.4, 0.5) is 0 Å². The molecule has 0 saturated carbocycles. The van der Waals surface area contributed by atoms with E-state index in [1.165, 1.54) is 49.9 Å². The van der Waals surface area contributed by atoms with E-state index >= 15 is 0 Å². The quantitative estimate of drug-likeness (QED) is 0.128. The predicted molar refractivity (Wildman–Crippen MR) is 296 cm³/mol. The minimum atomic E-state index is -0.0306. The summed E-state index contributed by atoms with van der Waals surface area (Å²) in [5, 5.41) is 2.33. The number of nitrogens with zero attached hydrogens (tertiary/aromatic N) is 4. The molecule has 11 aromatic rings. The lowest BCUT2D eigenvalue weighted by Gasteiger charge is -2.26. The van der Waals surface area contributed by atoms with Crippen LogP contribution in [0.1, 0.15) is 72.1 Å². The molecule has 0 aliphatic heterocycles. The summed E-state index contributed by atoms with van der Waals surface area (Å²) in [6, 6.07) is 69.8. The van der Waals surface area contributed by atoms with E-state index in [0.29, 0.717) is 5.92 Å². The number of hydrogen-bond acceptors (Lipinski definition) is 2. The van der Waals surface area contributed by atoms with Gasteiger partial charge in [-0.15, -0.1) is 0 Å². The summed E-state index contributed by atoms with van der Waals surface area (Å²) >= 11 is 0. The molecule has 0 aliphatic carbocycles. The fourth-order valence-electron chi connectivity index (χ4n) is 10.2. The molecule has 8 aromatic carbocycles. The van der Waals surface area contributed by atoms with Crippen LogP contribution in [0.15, 0.2) is 207 Å². The van der Waals surface area contributed by atoms with Crippen molar-refractivity contribution in [3.05, 3.63) is 223 Å². The van der Waals surface area contributed by atoms with Crippen molar-refractivity contribution in [1.29, 1.82) is 0 Å². The number of rotatable bonds is 10. The van der Waals surface area contributed by atoms with Crippen molar-refractivity contribution in [2.24, 2.45) is 5.92 Å². The average Bonchev–Trinajstić information content (AvgIpc) is 3.92. The van der Waals surface area contributed by atoms with E-state index in [-0.39, 0.29) is 10.8 Å². The number of fused-ring (bicyclic) bond motifs is 4. The van der Waals surface area contributed by atoms with Gasteiger partial charge in [-0.2, -0.15) is 9.13 Å². The third kappa shape index (κ3) is 8.71. The molecule has 5 nitrogen and oxygen atoms in total. The highest BCUT2D eigenvalue weighted by atomic mass is 16.5. The first kappa shape index (κ1) is 45.4. The molecule has 0 atom stereocenters. The van der Waals surface area contributed by atoms with Crippen LogP contribution in [0.3, 0.4) is 0 Å². The van der Waals surface area contributed by atoms with Gasteiger partial charge in [0.2, 0.25) is 0 Å². The monoisotopic (exact) mass is 925 g/mol. The van der Waals surface area contributed by atoms with Crippen molar-refractivity contribution in [2.75, 3.05) is 0 Å². The van der Waals surface area contributed by atoms with Crippen LogP contribution in [0.25, 0.3) is 83.4 Å². The molecule has 3 aromatic heterocycles. The van der Waals surface area contributed by atoms with Crippen LogP contribution in [0.5, 0.6) is 11.5 Å². The standard InChI is InChI=1S/C66H61N4O/c1-44(2)35-47-38-63(67-42-58(47)46-23-13-10-14-24-46)70-59-30-16-15-27-56(59)57-34-33-53(41-62(57)70)71-52-26-19-25-51(40-52)68-43-69(61-32-18-17-31-60(61)68)64-54(45-21-11-9-12-22-45)28-20-29-55(64)48-36-49(65(3,4)5)39-50(37-48)66(6,7)8/h9-34,36-44H,35H2,1-8H3/q+1. The molecule has 11 rings (SSSR count). The van der Waals surface area contributed by atoms with Gasteiger partial charge in [-0.05, 0) is 105 Å². The summed E-state index contributed by atoms with van der Waals surface area (Å²) in [7, 11) is 0. The summed E-state index contributed by atoms with van der Waals surface area (Å²) in [6.45, 7) is 18.4. The molecule has 0 bridgehead atoms. The maximum absolute atomic E-state index is 6.87. The lowest BCUT2D eigenvalue weighted by atomic mass is 9.78. The Hall–Kier alpha value is -8.02. The van der Waals surface area contributed by atoms with E-state index in [1.807, 2.05) is 6.07 Å². The Bertz CT molecular complexity index is 3720. The highest BCUT2D eigenvalue weighted by Gasteiger charge is 2.28. The third-order valence-electron chi connectivity index (χ3n) is 13.9.